The smallest absolute Gasteiger partial charge is 0.187 e. The van der Waals surface area contributed by atoms with Crippen molar-refractivity contribution in [3.05, 3.63) is 12.2 Å². The van der Waals surface area contributed by atoms with Gasteiger partial charge in [-0.15, -0.1) is 0 Å². The molecule has 55 heavy (non-hydrogen) atoms. The molecule has 3 heterocycles. The normalized spacial score (nSPS) is 59.7. The fourth-order valence-electron chi connectivity index (χ4n) is 14.3. The van der Waals surface area contributed by atoms with Gasteiger partial charge in [0, 0.05) is 22.2 Å². The van der Waals surface area contributed by atoms with Gasteiger partial charge in [0.05, 0.1) is 43.7 Å². The molecule has 314 valence electrons. The molecule has 4 saturated carbocycles. The molecule has 0 aromatic heterocycles. The molecule has 0 radical (unpaired) electrons. The second kappa shape index (κ2) is 13.4. The first-order valence-electron chi connectivity index (χ1n) is 20.9. The predicted octanol–water partition coefficient (Wildman–Crippen LogP) is 1.78. The average molecular weight is 781 g/mol. The second-order valence-electron chi connectivity index (χ2n) is 21.0. The van der Waals surface area contributed by atoms with E-state index in [0.29, 0.717) is 19.4 Å². The minimum atomic E-state index is -1.72. The number of rotatable bonds is 6. The van der Waals surface area contributed by atoms with Crippen molar-refractivity contribution in [1.29, 1.82) is 0 Å². The lowest BCUT2D eigenvalue weighted by Crippen LogP contribution is -2.72. The Morgan fingerprint density at radius 2 is 1.44 bits per heavy atom. The van der Waals surface area contributed by atoms with Gasteiger partial charge in [0.25, 0.3) is 0 Å². The maximum absolute atomic E-state index is 12.1. The van der Waals surface area contributed by atoms with Crippen LogP contribution < -0.4 is 0 Å². The van der Waals surface area contributed by atoms with E-state index in [1.54, 1.807) is 6.92 Å². The van der Waals surface area contributed by atoms with Crippen LogP contribution in [0.4, 0.5) is 0 Å². The molecule has 0 aromatic rings. The summed E-state index contributed by atoms with van der Waals surface area (Å²) < 4.78 is 31.2. The van der Waals surface area contributed by atoms with Crippen LogP contribution in [-0.2, 0) is 23.7 Å². The SMILES string of the molecule is CC1O[C@H](OC2CC[C@]3(C)[C@H]4C=C[C@]56OC[C@@]7(CCC(C)(C)C[C@H]75)C(O)C[C@@]6(C)[C@]4(C)CC[C@@H]3[C@]2(C)CO)C(O)C(O[C@@H]2OC(CO)C(O)C(O)C2O)C1O. The lowest BCUT2D eigenvalue weighted by atomic mass is 9.32. The highest BCUT2D eigenvalue weighted by Gasteiger charge is 2.79. The summed E-state index contributed by atoms with van der Waals surface area (Å²) in [6.07, 6.45) is -3.39. The van der Waals surface area contributed by atoms with Gasteiger partial charge >= 0.3 is 0 Å². The molecule has 13 heteroatoms. The molecule has 8 rings (SSSR count). The first-order chi connectivity index (χ1) is 25.7. The molecule has 0 aromatic carbocycles. The average Bonchev–Trinajstić information content (AvgIpc) is 3.41. The molecule has 5 aliphatic carbocycles. The molecule has 1 spiro atoms. The van der Waals surface area contributed by atoms with E-state index in [9.17, 15) is 40.9 Å². The van der Waals surface area contributed by atoms with Gasteiger partial charge in [-0.05, 0) is 86.4 Å². The Balaban J connectivity index is 1.05. The van der Waals surface area contributed by atoms with Crippen molar-refractivity contribution in [2.75, 3.05) is 19.8 Å². The quantitative estimate of drug-likeness (QED) is 0.143. The maximum atomic E-state index is 12.1. The van der Waals surface area contributed by atoms with Crippen LogP contribution in [0, 0.1) is 50.2 Å². The summed E-state index contributed by atoms with van der Waals surface area (Å²) in [5.74, 6) is 0.449. The van der Waals surface area contributed by atoms with E-state index in [1.807, 2.05) is 0 Å². The van der Waals surface area contributed by atoms with Gasteiger partial charge in [-0.2, -0.15) is 0 Å². The first-order valence-corrected chi connectivity index (χ1v) is 20.9. The summed E-state index contributed by atoms with van der Waals surface area (Å²) in [7, 11) is 0. The summed E-state index contributed by atoms with van der Waals surface area (Å²) in [6, 6.07) is 0. The minimum Gasteiger partial charge on any atom is -0.396 e. The molecule has 0 amide bonds. The van der Waals surface area contributed by atoms with Crippen LogP contribution in [-0.4, -0.2) is 140 Å². The van der Waals surface area contributed by atoms with Crippen LogP contribution in [0.2, 0.25) is 0 Å². The van der Waals surface area contributed by atoms with Crippen LogP contribution >= 0.6 is 0 Å². The zero-order valence-electron chi connectivity index (χ0n) is 33.7. The van der Waals surface area contributed by atoms with Crippen molar-refractivity contribution in [3.63, 3.8) is 0 Å². The molecule has 8 N–H and O–H groups in total. The number of hydrogen-bond donors (Lipinski definition) is 8. The number of aliphatic hydroxyl groups is 8. The molecule has 13 nitrogen and oxygen atoms in total. The topological polar surface area (TPSA) is 208 Å². The molecule has 3 aliphatic heterocycles. The Morgan fingerprint density at radius 1 is 0.727 bits per heavy atom. The van der Waals surface area contributed by atoms with E-state index in [2.05, 4.69) is 53.7 Å². The van der Waals surface area contributed by atoms with E-state index >= 15 is 0 Å². The highest BCUT2D eigenvalue weighted by Crippen LogP contribution is 2.79. The third-order valence-corrected chi connectivity index (χ3v) is 17.9. The number of ether oxygens (including phenoxy) is 5. The highest BCUT2D eigenvalue weighted by molar-refractivity contribution is 5.36. The van der Waals surface area contributed by atoms with Gasteiger partial charge in [0.2, 0.25) is 0 Å². The van der Waals surface area contributed by atoms with Gasteiger partial charge in [-0.3, -0.25) is 0 Å². The van der Waals surface area contributed by atoms with E-state index in [0.717, 1.165) is 38.5 Å². The maximum Gasteiger partial charge on any atom is 0.187 e. The zero-order chi connectivity index (χ0) is 39.9. The van der Waals surface area contributed by atoms with E-state index < -0.39 is 91.2 Å². The number of fused-ring (bicyclic) bond motifs is 4. The molecule has 21 atom stereocenters. The van der Waals surface area contributed by atoms with Crippen LogP contribution in [0.25, 0.3) is 0 Å². The van der Waals surface area contributed by atoms with Crippen LogP contribution in [0.3, 0.4) is 0 Å². The van der Waals surface area contributed by atoms with Crippen molar-refractivity contribution < 1.29 is 64.5 Å². The summed E-state index contributed by atoms with van der Waals surface area (Å²) >= 11 is 0. The highest BCUT2D eigenvalue weighted by atomic mass is 16.7. The predicted molar refractivity (Wildman–Crippen MR) is 197 cm³/mol. The van der Waals surface area contributed by atoms with Crippen molar-refractivity contribution in [2.45, 2.75) is 179 Å². The van der Waals surface area contributed by atoms with Crippen molar-refractivity contribution >= 4 is 0 Å². The number of allylic oxidation sites excluding steroid dienone is 1. The standard InChI is InChI=1S/C42H68O13/c1-21-28(46)33(55-34-31(49)30(48)29(47)22(18-43)53-34)32(50)35(52-21)54-27-10-11-37(4)23(38(27,5)19-44)8-12-39(6)24(37)9-13-42-25-16-36(2,3)14-15-41(25,20-51-42)26(45)17-40(39,42)7/h9,13,21-35,43-50H,8,10-12,14-20H2,1-7H3/t21?,22?,23-,24+,25+,26?,27?,28?,29?,30?,31?,32?,33?,34-,35+,37-,38-,39+,40-,41+,42-/m0/s1. The molecule has 2 bridgehead atoms. The first kappa shape index (κ1) is 41.0. The molecule has 8 aliphatic rings. The summed E-state index contributed by atoms with van der Waals surface area (Å²) in [6.45, 7) is 15.4. The van der Waals surface area contributed by atoms with Crippen LogP contribution in [0.5, 0.6) is 0 Å². The largest absolute Gasteiger partial charge is 0.396 e. The van der Waals surface area contributed by atoms with Crippen LogP contribution in [0.1, 0.15) is 99.8 Å². The molecule has 10 unspecified atom stereocenters. The van der Waals surface area contributed by atoms with Gasteiger partial charge in [0.1, 0.15) is 42.7 Å². The molecular formula is C42H68O13. The lowest BCUT2D eigenvalue weighted by Gasteiger charge is -2.73. The Labute approximate surface area is 325 Å². The third kappa shape index (κ3) is 5.44. The van der Waals surface area contributed by atoms with Crippen molar-refractivity contribution in [1.82, 2.24) is 0 Å². The summed E-state index contributed by atoms with van der Waals surface area (Å²) in [5, 5.41) is 87.0. The lowest BCUT2D eigenvalue weighted by molar-refractivity contribution is -0.367. The fourth-order valence-corrected chi connectivity index (χ4v) is 14.3. The summed E-state index contributed by atoms with van der Waals surface area (Å²) in [4.78, 5) is 0. The molecular weight excluding hydrogens is 712 g/mol. The van der Waals surface area contributed by atoms with E-state index in [1.165, 1.54) is 0 Å². The number of aliphatic hydroxyl groups excluding tert-OH is 8. The Morgan fingerprint density at radius 3 is 2.13 bits per heavy atom. The monoisotopic (exact) mass is 780 g/mol. The van der Waals surface area contributed by atoms with Crippen molar-refractivity contribution in [3.8, 4) is 0 Å². The summed E-state index contributed by atoms with van der Waals surface area (Å²) in [5.41, 5.74) is -1.90. The third-order valence-electron chi connectivity index (χ3n) is 17.9. The minimum absolute atomic E-state index is 0.0414. The molecule has 3 saturated heterocycles. The second-order valence-corrected chi connectivity index (χ2v) is 21.0. The van der Waals surface area contributed by atoms with Crippen molar-refractivity contribution in [2.24, 2.45) is 50.2 Å². The Hall–Kier alpha value is -0.780. The van der Waals surface area contributed by atoms with Gasteiger partial charge < -0.3 is 64.5 Å². The van der Waals surface area contributed by atoms with Gasteiger partial charge in [-0.1, -0.05) is 53.7 Å². The van der Waals surface area contributed by atoms with Crippen LogP contribution in [0.15, 0.2) is 12.2 Å². The number of hydrogen-bond acceptors (Lipinski definition) is 13. The fraction of sp³-hybridized carbons (Fsp3) is 0.952. The Bertz CT molecular complexity index is 1490. The van der Waals surface area contributed by atoms with E-state index in [4.69, 9.17) is 23.7 Å². The molecule has 7 fully saturated rings. The van der Waals surface area contributed by atoms with Gasteiger partial charge in [0.15, 0.2) is 12.6 Å². The van der Waals surface area contributed by atoms with E-state index in [-0.39, 0.29) is 51.4 Å². The zero-order valence-corrected chi connectivity index (χ0v) is 33.7. The van der Waals surface area contributed by atoms with Gasteiger partial charge in [-0.25, -0.2) is 0 Å². The Kier molecular flexibility index (Phi) is 9.95.